The molecule has 1 aromatic carbocycles. The standard InChI is InChI=1S/C23H26N4O4/c1-15-9-12-27(18-7-10-24-11-8-18)23(29)21(15)22(28)25-14-17-13-20(31-26-17)16-3-5-19(30-2)6-4-16/h3-6,9,12-13,18,24H,7-8,10-11,14H2,1-2H3,(H,25,28). The van der Waals surface area contributed by atoms with Crippen LogP contribution in [0.1, 0.15) is 40.5 Å². The second-order valence-corrected chi connectivity index (χ2v) is 7.66. The van der Waals surface area contributed by atoms with E-state index in [2.05, 4.69) is 15.8 Å². The van der Waals surface area contributed by atoms with Gasteiger partial charge in [-0.05, 0) is 68.8 Å². The number of aromatic nitrogens is 2. The van der Waals surface area contributed by atoms with Crippen LogP contribution in [-0.2, 0) is 6.54 Å². The van der Waals surface area contributed by atoms with Crippen LogP contribution in [0.4, 0.5) is 0 Å². The zero-order chi connectivity index (χ0) is 21.8. The van der Waals surface area contributed by atoms with Gasteiger partial charge in [0.05, 0.1) is 13.7 Å². The summed E-state index contributed by atoms with van der Waals surface area (Å²) in [6.07, 6.45) is 3.54. The van der Waals surface area contributed by atoms with Gasteiger partial charge in [-0.3, -0.25) is 9.59 Å². The summed E-state index contributed by atoms with van der Waals surface area (Å²) in [6.45, 7) is 3.69. The predicted molar refractivity (Wildman–Crippen MR) is 116 cm³/mol. The number of amides is 1. The lowest BCUT2D eigenvalue weighted by atomic mass is 10.0. The molecule has 0 spiro atoms. The maximum atomic E-state index is 13.0. The average molecular weight is 422 g/mol. The molecule has 162 valence electrons. The molecule has 1 amide bonds. The number of carbonyl (C=O) groups excluding carboxylic acids is 1. The maximum Gasteiger partial charge on any atom is 0.263 e. The van der Waals surface area contributed by atoms with Crippen LogP contribution in [0.25, 0.3) is 11.3 Å². The van der Waals surface area contributed by atoms with E-state index in [0.29, 0.717) is 17.0 Å². The summed E-state index contributed by atoms with van der Waals surface area (Å²) in [4.78, 5) is 25.9. The lowest BCUT2D eigenvalue weighted by Gasteiger charge is -2.25. The Labute approximate surface area is 180 Å². The van der Waals surface area contributed by atoms with Gasteiger partial charge in [0.15, 0.2) is 5.76 Å². The summed E-state index contributed by atoms with van der Waals surface area (Å²) in [7, 11) is 1.61. The lowest BCUT2D eigenvalue weighted by Crippen LogP contribution is -2.38. The Bertz CT molecular complexity index is 1110. The molecule has 8 nitrogen and oxygen atoms in total. The molecule has 0 unspecified atom stereocenters. The van der Waals surface area contributed by atoms with Gasteiger partial charge in [0.2, 0.25) is 0 Å². The maximum absolute atomic E-state index is 13.0. The van der Waals surface area contributed by atoms with Gasteiger partial charge in [-0.25, -0.2) is 0 Å². The molecule has 1 aliphatic heterocycles. The monoisotopic (exact) mass is 422 g/mol. The molecule has 2 aromatic heterocycles. The van der Waals surface area contributed by atoms with Crippen molar-refractivity contribution in [2.75, 3.05) is 20.2 Å². The zero-order valence-electron chi connectivity index (χ0n) is 17.7. The molecule has 2 N–H and O–H groups in total. The molecule has 1 aliphatic rings. The Morgan fingerprint density at radius 3 is 2.71 bits per heavy atom. The van der Waals surface area contributed by atoms with E-state index in [0.717, 1.165) is 37.2 Å². The van der Waals surface area contributed by atoms with Gasteiger partial charge in [0.1, 0.15) is 17.0 Å². The van der Waals surface area contributed by atoms with Crippen molar-refractivity contribution < 1.29 is 14.1 Å². The Kier molecular flexibility index (Phi) is 6.18. The highest BCUT2D eigenvalue weighted by atomic mass is 16.5. The first kappa shape index (κ1) is 20.9. The minimum atomic E-state index is -0.403. The van der Waals surface area contributed by atoms with Gasteiger partial charge < -0.3 is 24.5 Å². The molecule has 0 bridgehead atoms. The number of benzene rings is 1. The van der Waals surface area contributed by atoms with E-state index in [1.807, 2.05) is 30.3 Å². The van der Waals surface area contributed by atoms with E-state index in [-0.39, 0.29) is 23.7 Å². The molecule has 1 fully saturated rings. The van der Waals surface area contributed by atoms with E-state index >= 15 is 0 Å². The fourth-order valence-corrected chi connectivity index (χ4v) is 3.84. The van der Waals surface area contributed by atoms with E-state index in [9.17, 15) is 9.59 Å². The number of pyridine rings is 1. The number of carbonyl (C=O) groups is 1. The van der Waals surface area contributed by atoms with E-state index < -0.39 is 5.91 Å². The van der Waals surface area contributed by atoms with Crippen molar-refractivity contribution >= 4 is 5.91 Å². The fourth-order valence-electron chi connectivity index (χ4n) is 3.84. The SMILES string of the molecule is COc1ccc(-c2cc(CNC(=O)c3c(C)ccn(C4CCNCC4)c3=O)no2)cc1. The Morgan fingerprint density at radius 2 is 2.00 bits per heavy atom. The topological polar surface area (TPSA) is 98.4 Å². The minimum Gasteiger partial charge on any atom is -0.497 e. The van der Waals surface area contributed by atoms with E-state index in [4.69, 9.17) is 9.26 Å². The molecule has 31 heavy (non-hydrogen) atoms. The van der Waals surface area contributed by atoms with Crippen molar-refractivity contribution in [3.63, 3.8) is 0 Å². The number of nitrogens with one attached hydrogen (secondary N) is 2. The molecule has 0 saturated carbocycles. The summed E-state index contributed by atoms with van der Waals surface area (Å²) < 4.78 is 12.2. The second-order valence-electron chi connectivity index (χ2n) is 7.66. The number of ether oxygens (including phenoxy) is 1. The quantitative estimate of drug-likeness (QED) is 0.634. The molecule has 1 saturated heterocycles. The van der Waals surface area contributed by atoms with E-state index in [1.54, 1.807) is 30.9 Å². The third kappa shape index (κ3) is 4.54. The third-order valence-corrected chi connectivity index (χ3v) is 5.62. The number of rotatable bonds is 6. The third-order valence-electron chi connectivity index (χ3n) is 5.62. The van der Waals surface area contributed by atoms with Crippen LogP contribution in [0.3, 0.4) is 0 Å². The van der Waals surface area contributed by atoms with Crippen LogP contribution in [0.5, 0.6) is 5.75 Å². The molecule has 4 rings (SSSR count). The number of hydrogen-bond donors (Lipinski definition) is 2. The largest absolute Gasteiger partial charge is 0.497 e. The predicted octanol–water partition coefficient (Wildman–Crippen LogP) is 2.67. The van der Waals surface area contributed by atoms with Crippen LogP contribution >= 0.6 is 0 Å². The van der Waals surface area contributed by atoms with Gasteiger partial charge in [-0.1, -0.05) is 5.16 Å². The number of hydrogen-bond acceptors (Lipinski definition) is 6. The average Bonchev–Trinajstić information content (AvgIpc) is 3.27. The second kappa shape index (κ2) is 9.18. The summed E-state index contributed by atoms with van der Waals surface area (Å²) in [5.74, 6) is 0.944. The van der Waals surface area contributed by atoms with Crippen molar-refractivity contribution in [3.05, 3.63) is 69.8 Å². The van der Waals surface area contributed by atoms with Crippen molar-refractivity contribution in [1.82, 2.24) is 20.4 Å². The Balaban J connectivity index is 1.46. The molecular formula is C23H26N4O4. The fraction of sp³-hybridized carbons (Fsp3) is 0.348. The van der Waals surface area contributed by atoms with E-state index in [1.165, 1.54) is 0 Å². The molecule has 8 heteroatoms. The lowest BCUT2D eigenvalue weighted by molar-refractivity contribution is 0.0947. The number of aryl methyl sites for hydroxylation is 1. The van der Waals surface area contributed by atoms with Gasteiger partial charge in [0.25, 0.3) is 11.5 Å². The highest BCUT2D eigenvalue weighted by Crippen LogP contribution is 2.23. The van der Waals surface area contributed by atoms with Crippen LogP contribution in [0, 0.1) is 6.92 Å². The Morgan fingerprint density at radius 1 is 1.26 bits per heavy atom. The van der Waals surface area contributed by atoms with Gasteiger partial charge in [-0.2, -0.15) is 0 Å². The van der Waals surface area contributed by atoms with Crippen molar-refractivity contribution in [1.29, 1.82) is 0 Å². The summed E-state index contributed by atoms with van der Waals surface area (Å²) in [6, 6.07) is 11.1. The number of methoxy groups -OCH3 is 1. The first-order valence-corrected chi connectivity index (χ1v) is 10.4. The van der Waals surface area contributed by atoms with Crippen LogP contribution in [0.15, 0.2) is 51.9 Å². The normalized spacial score (nSPS) is 14.4. The first-order valence-electron chi connectivity index (χ1n) is 10.4. The van der Waals surface area contributed by atoms with Crippen molar-refractivity contribution in [2.45, 2.75) is 32.4 Å². The van der Waals surface area contributed by atoms with Gasteiger partial charge in [-0.15, -0.1) is 0 Å². The number of piperidine rings is 1. The van der Waals surface area contributed by atoms with Crippen LogP contribution in [-0.4, -0.2) is 35.8 Å². The van der Waals surface area contributed by atoms with Gasteiger partial charge >= 0.3 is 0 Å². The van der Waals surface area contributed by atoms with Crippen molar-refractivity contribution in [3.8, 4) is 17.1 Å². The molecule has 3 aromatic rings. The minimum absolute atomic E-state index is 0.114. The molecule has 3 heterocycles. The molecule has 0 aliphatic carbocycles. The first-order chi connectivity index (χ1) is 15.1. The molecular weight excluding hydrogens is 396 g/mol. The van der Waals surface area contributed by atoms with Crippen molar-refractivity contribution in [2.24, 2.45) is 0 Å². The summed E-state index contributed by atoms with van der Waals surface area (Å²) >= 11 is 0. The summed E-state index contributed by atoms with van der Waals surface area (Å²) in [5.41, 5.74) is 2.02. The zero-order valence-corrected chi connectivity index (χ0v) is 17.7. The summed E-state index contributed by atoms with van der Waals surface area (Å²) in [5, 5.41) is 10.1. The van der Waals surface area contributed by atoms with Crippen LogP contribution in [0.2, 0.25) is 0 Å². The highest BCUT2D eigenvalue weighted by molar-refractivity contribution is 5.95. The smallest absolute Gasteiger partial charge is 0.263 e. The van der Waals surface area contributed by atoms with Gasteiger partial charge in [0, 0.05) is 23.9 Å². The highest BCUT2D eigenvalue weighted by Gasteiger charge is 2.21. The number of nitrogens with zero attached hydrogens (tertiary/aromatic N) is 2. The molecule has 0 atom stereocenters. The van der Waals surface area contributed by atoms with Crippen LogP contribution < -0.4 is 20.9 Å². The Hall–Kier alpha value is -3.39. The molecule has 0 radical (unpaired) electrons.